The van der Waals surface area contributed by atoms with Crippen LogP contribution in [0, 0.1) is 62.6 Å². The first kappa shape index (κ1) is 40.6. The molecule has 11 atom stereocenters. The Morgan fingerprint density at radius 1 is 0.754 bits per heavy atom. The van der Waals surface area contributed by atoms with Crippen molar-refractivity contribution in [3.05, 3.63) is 82.4 Å². The molecule has 2 aromatic rings. The van der Waals surface area contributed by atoms with E-state index in [-0.39, 0.29) is 51.0 Å². The third-order valence-corrected chi connectivity index (χ3v) is 17.8. The zero-order valence-electron chi connectivity index (χ0n) is 34.2. The van der Waals surface area contributed by atoms with Gasteiger partial charge in [-0.25, -0.2) is 0 Å². The molecule has 7 fully saturated rings. The first-order chi connectivity index (χ1) is 26.4. The van der Waals surface area contributed by atoms with Gasteiger partial charge in [-0.15, -0.1) is 0 Å². The Labute approximate surface area is 333 Å². The molecule has 2 aromatic carbocycles. The summed E-state index contributed by atoms with van der Waals surface area (Å²) in [6, 6.07) is 9.98. The van der Waals surface area contributed by atoms with Crippen molar-refractivity contribution in [1.29, 1.82) is 0 Å². The summed E-state index contributed by atoms with van der Waals surface area (Å²) in [7, 11) is 0. The smallest absolute Gasteiger partial charge is 0.374 e. The van der Waals surface area contributed by atoms with Crippen LogP contribution in [0.25, 0.3) is 12.2 Å². The van der Waals surface area contributed by atoms with E-state index in [1.54, 1.807) is 6.08 Å². The lowest BCUT2D eigenvalue weighted by Gasteiger charge is -2.76. The number of ketones is 2. The predicted octanol–water partition coefficient (Wildman–Crippen LogP) is 12.7. The number of hydrogen-bond donors (Lipinski definition) is 0. The summed E-state index contributed by atoms with van der Waals surface area (Å²) in [5.74, 6) is 1.20. The van der Waals surface area contributed by atoms with Crippen LogP contribution in [-0.2, 0) is 26.7 Å². The lowest BCUT2D eigenvalue weighted by atomic mass is 9.30. The lowest BCUT2D eigenvalue weighted by Crippen LogP contribution is -2.73. The lowest BCUT2D eigenvalue weighted by molar-refractivity contribution is -0.316. The number of halogens is 6. The van der Waals surface area contributed by atoms with E-state index >= 15 is 0 Å². The molecule has 0 aromatic heterocycles. The van der Waals surface area contributed by atoms with Gasteiger partial charge in [-0.2, -0.15) is 26.3 Å². The molecule has 9 heteroatoms. The molecule has 5 saturated carbocycles. The molecular formula is C48H56F6O3. The van der Waals surface area contributed by atoms with Crippen LogP contribution >= 0.6 is 0 Å². The molecule has 1 spiro atoms. The van der Waals surface area contributed by atoms with Crippen molar-refractivity contribution in [2.24, 2.45) is 62.6 Å². The van der Waals surface area contributed by atoms with E-state index in [9.17, 15) is 35.9 Å². The van der Waals surface area contributed by atoms with E-state index in [4.69, 9.17) is 4.74 Å². The quantitative estimate of drug-likeness (QED) is 0.229. The fraction of sp³-hybridized carbons (Fsp3) is 0.625. The van der Waals surface area contributed by atoms with Crippen LogP contribution in [0.3, 0.4) is 0 Å². The van der Waals surface area contributed by atoms with Gasteiger partial charge in [0.25, 0.3) is 0 Å². The van der Waals surface area contributed by atoms with Crippen molar-refractivity contribution in [2.45, 2.75) is 118 Å². The Morgan fingerprint density at radius 3 is 1.95 bits per heavy atom. The minimum absolute atomic E-state index is 0.00347. The van der Waals surface area contributed by atoms with Crippen LogP contribution in [0.2, 0.25) is 0 Å². The standard InChI is InChI=1S/C48H56F6O3/c1-28-39-34-17-19-38-42(4)25-31(24-30-10-15-33(16-11-30)48(52,53)54)40(56)41(2,3)37(42)20-21-44(38,6)43(34,5)22-23-46(39)26-35(45(28,7)57-27-46)36(55)18-12-29-8-13-32(14-9-29)47(49,50)51/h8-16,18,24,28,34-35,37-39H,17,19-23,25-27H2,1-7H3/b18-12-,31-24-/t28-,34+,35+,37-,38+,39+,42-,43+,44+,45?,46-/m0/s1. The number of allylic oxidation sites excluding steroid dienone is 2. The molecule has 2 saturated heterocycles. The van der Waals surface area contributed by atoms with E-state index in [0.717, 1.165) is 69.2 Å². The van der Waals surface area contributed by atoms with Crippen LogP contribution in [0.4, 0.5) is 26.3 Å². The zero-order chi connectivity index (χ0) is 41.4. The number of carbonyl (C=O) groups is 2. The highest BCUT2D eigenvalue weighted by molar-refractivity contribution is 6.04. The van der Waals surface area contributed by atoms with Crippen molar-refractivity contribution < 1.29 is 40.7 Å². The third-order valence-electron chi connectivity index (χ3n) is 17.8. The Hall–Kier alpha value is -3.20. The molecule has 57 heavy (non-hydrogen) atoms. The second kappa shape index (κ2) is 12.9. The Balaban J connectivity index is 1.06. The molecule has 5 aliphatic carbocycles. The summed E-state index contributed by atoms with van der Waals surface area (Å²) in [4.78, 5) is 28.2. The van der Waals surface area contributed by atoms with Crippen molar-refractivity contribution in [1.82, 2.24) is 0 Å². The Kier molecular flexibility index (Phi) is 9.18. The van der Waals surface area contributed by atoms with E-state index < -0.39 is 34.5 Å². The van der Waals surface area contributed by atoms with Crippen LogP contribution in [-0.4, -0.2) is 23.8 Å². The molecule has 2 aliphatic heterocycles. The second-order valence-corrected chi connectivity index (χ2v) is 20.4. The predicted molar refractivity (Wildman–Crippen MR) is 208 cm³/mol. The van der Waals surface area contributed by atoms with Crippen molar-refractivity contribution in [3.63, 3.8) is 0 Å². The Morgan fingerprint density at radius 2 is 1.35 bits per heavy atom. The van der Waals surface area contributed by atoms with Crippen LogP contribution in [0.5, 0.6) is 0 Å². The van der Waals surface area contributed by atoms with Gasteiger partial charge in [0.15, 0.2) is 11.6 Å². The van der Waals surface area contributed by atoms with E-state index in [1.807, 2.05) is 6.08 Å². The fourth-order valence-corrected chi connectivity index (χ4v) is 14.7. The van der Waals surface area contributed by atoms with Gasteiger partial charge in [-0.05, 0) is 163 Å². The number of ether oxygens (including phenoxy) is 1. The number of alkyl halides is 6. The summed E-state index contributed by atoms with van der Waals surface area (Å²) in [6.45, 7) is 16.6. The second-order valence-electron chi connectivity index (χ2n) is 20.4. The van der Waals surface area contributed by atoms with Crippen molar-refractivity contribution in [2.75, 3.05) is 6.61 Å². The molecule has 0 amide bonds. The third kappa shape index (κ3) is 5.91. The molecule has 2 heterocycles. The number of fused-ring (bicyclic) bond motifs is 7. The van der Waals surface area contributed by atoms with Crippen LogP contribution in [0.1, 0.15) is 122 Å². The Bertz CT molecular complexity index is 2010. The van der Waals surface area contributed by atoms with Gasteiger partial charge in [0, 0.05) is 5.41 Å². The molecule has 0 radical (unpaired) electrons. The van der Waals surface area contributed by atoms with Gasteiger partial charge in [-0.1, -0.05) is 71.9 Å². The number of hydrogen-bond acceptors (Lipinski definition) is 3. The minimum Gasteiger partial charge on any atom is -0.374 e. The van der Waals surface area contributed by atoms with Gasteiger partial charge in [0.2, 0.25) is 0 Å². The molecule has 308 valence electrons. The topological polar surface area (TPSA) is 43.4 Å². The van der Waals surface area contributed by atoms with Gasteiger partial charge in [0.1, 0.15) is 0 Å². The molecule has 7 aliphatic rings. The summed E-state index contributed by atoms with van der Waals surface area (Å²) in [5.41, 5.74) is -1.12. The number of rotatable bonds is 4. The van der Waals surface area contributed by atoms with Crippen LogP contribution < -0.4 is 0 Å². The van der Waals surface area contributed by atoms with E-state index in [0.29, 0.717) is 47.5 Å². The maximum Gasteiger partial charge on any atom is 0.416 e. The van der Waals surface area contributed by atoms with Gasteiger partial charge >= 0.3 is 12.4 Å². The highest BCUT2D eigenvalue weighted by Gasteiger charge is 2.74. The highest BCUT2D eigenvalue weighted by Crippen LogP contribution is 2.78. The average Bonchev–Trinajstić information content (AvgIpc) is 3.13. The zero-order valence-corrected chi connectivity index (χ0v) is 34.2. The first-order valence-electron chi connectivity index (χ1n) is 20.9. The van der Waals surface area contributed by atoms with Crippen molar-refractivity contribution in [3.8, 4) is 0 Å². The molecule has 3 nitrogen and oxygen atoms in total. The summed E-state index contributed by atoms with van der Waals surface area (Å²) < 4.78 is 86.2. The van der Waals surface area contributed by atoms with Crippen molar-refractivity contribution >= 4 is 23.7 Å². The largest absolute Gasteiger partial charge is 0.416 e. The monoisotopic (exact) mass is 794 g/mol. The highest BCUT2D eigenvalue weighted by atomic mass is 19.4. The number of benzene rings is 2. The van der Waals surface area contributed by atoms with Gasteiger partial charge < -0.3 is 4.74 Å². The summed E-state index contributed by atoms with van der Waals surface area (Å²) in [6.07, 6.45) is 3.58. The summed E-state index contributed by atoms with van der Waals surface area (Å²) >= 11 is 0. The minimum atomic E-state index is -4.42. The van der Waals surface area contributed by atoms with E-state index in [1.165, 1.54) is 30.3 Å². The van der Waals surface area contributed by atoms with Gasteiger partial charge in [0.05, 0.1) is 29.3 Å². The SMILES string of the molecule is C[C@H]1[C@@H]2[C@H]3CC[C@@H]4[C@@]5(C)C/C(=C/c6ccc(C(F)(F)F)cc6)C(=O)C(C)(C)[C@@H]5CC[C@@]4(C)[C@]3(C)CC[C@]23COC1(C)[C@@H](C(=O)/C=C\c1ccc(C(F)(F)F)cc1)C3. The maximum atomic E-state index is 14.2. The fourth-order valence-electron chi connectivity index (χ4n) is 14.7. The normalized spacial score (nSPS) is 42.0. The molecule has 1 unspecified atom stereocenters. The first-order valence-corrected chi connectivity index (χ1v) is 20.9. The molecule has 2 bridgehead atoms. The molecule has 9 rings (SSSR count). The van der Waals surface area contributed by atoms with Gasteiger partial charge in [-0.3, -0.25) is 9.59 Å². The van der Waals surface area contributed by atoms with Crippen LogP contribution in [0.15, 0.2) is 60.2 Å². The number of carbonyl (C=O) groups excluding carboxylic acids is 2. The maximum absolute atomic E-state index is 14.2. The summed E-state index contributed by atoms with van der Waals surface area (Å²) in [5, 5.41) is 0. The number of Topliss-reactive ketones (excluding diaryl/α,β-unsaturated/α-hetero) is 1. The molecular weight excluding hydrogens is 739 g/mol. The molecule has 0 N–H and O–H groups in total. The average molecular weight is 795 g/mol. The van der Waals surface area contributed by atoms with E-state index in [2.05, 4.69) is 48.5 Å².